The van der Waals surface area contributed by atoms with Gasteiger partial charge in [0.2, 0.25) is 0 Å². The summed E-state index contributed by atoms with van der Waals surface area (Å²) in [5.41, 5.74) is 2.45. The lowest BCUT2D eigenvalue weighted by Crippen LogP contribution is -2.56. The first kappa shape index (κ1) is 21.8. The van der Waals surface area contributed by atoms with Crippen molar-refractivity contribution in [3.63, 3.8) is 0 Å². The van der Waals surface area contributed by atoms with Crippen molar-refractivity contribution in [3.8, 4) is 0 Å². The Hall–Kier alpha value is -2.86. The number of rotatable bonds is 7. The van der Waals surface area contributed by atoms with Crippen molar-refractivity contribution in [3.05, 3.63) is 71.8 Å². The van der Waals surface area contributed by atoms with Crippen molar-refractivity contribution in [1.82, 2.24) is 15.1 Å². The lowest BCUT2D eigenvalue weighted by Gasteiger charge is -2.40. The van der Waals surface area contributed by atoms with Gasteiger partial charge in [0, 0.05) is 26.2 Å². The molecule has 1 aliphatic rings. The van der Waals surface area contributed by atoms with Crippen molar-refractivity contribution < 1.29 is 14.7 Å². The molecule has 6 heteroatoms. The Morgan fingerprint density at radius 3 is 1.87 bits per heavy atom. The maximum atomic E-state index is 12.7. The molecule has 2 N–H and O–H groups in total. The van der Waals surface area contributed by atoms with Crippen LogP contribution in [-0.2, 0) is 4.79 Å². The number of urea groups is 1. The molecule has 2 amide bonds. The van der Waals surface area contributed by atoms with Crippen LogP contribution in [0.3, 0.4) is 0 Å². The topological polar surface area (TPSA) is 72.9 Å². The summed E-state index contributed by atoms with van der Waals surface area (Å²) < 4.78 is 0. The number of amides is 2. The third kappa shape index (κ3) is 5.19. The number of hydrogen-bond donors (Lipinski definition) is 2. The maximum absolute atomic E-state index is 12.7. The number of carboxylic acids is 1. The van der Waals surface area contributed by atoms with Crippen LogP contribution in [0.4, 0.5) is 4.79 Å². The van der Waals surface area contributed by atoms with E-state index in [4.69, 9.17) is 0 Å². The van der Waals surface area contributed by atoms with E-state index in [1.54, 1.807) is 4.90 Å². The molecule has 1 heterocycles. The first-order valence-corrected chi connectivity index (χ1v) is 10.6. The Bertz CT molecular complexity index is 781. The number of piperazine rings is 1. The zero-order valence-electron chi connectivity index (χ0n) is 17.7. The fourth-order valence-electron chi connectivity index (χ4n) is 3.98. The van der Waals surface area contributed by atoms with Crippen LogP contribution in [0.5, 0.6) is 0 Å². The van der Waals surface area contributed by atoms with Gasteiger partial charge < -0.3 is 15.3 Å². The van der Waals surface area contributed by atoms with Crippen LogP contribution in [0.25, 0.3) is 0 Å². The molecule has 160 valence electrons. The molecular formula is C24H31N3O3. The zero-order chi connectivity index (χ0) is 21.5. The number of carbonyl (C=O) groups excluding carboxylic acids is 1. The number of aliphatic carboxylic acids is 1. The summed E-state index contributed by atoms with van der Waals surface area (Å²) in [5, 5.41) is 12.2. The summed E-state index contributed by atoms with van der Waals surface area (Å²) in [6, 6.07) is 19.8. The molecule has 2 aromatic rings. The average molecular weight is 410 g/mol. The van der Waals surface area contributed by atoms with Crippen LogP contribution in [0.15, 0.2) is 60.7 Å². The van der Waals surface area contributed by atoms with E-state index in [1.807, 2.05) is 26.0 Å². The van der Waals surface area contributed by atoms with Gasteiger partial charge in [0.25, 0.3) is 0 Å². The number of benzene rings is 2. The van der Waals surface area contributed by atoms with E-state index in [-0.39, 0.29) is 18.0 Å². The van der Waals surface area contributed by atoms with Gasteiger partial charge in [0.1, 0.15) is 6.04 Å². The molecular weight excluding hydrogens is 378 g/mol. The minimum atomic E-state index is -0.982. The Morgan fingerprint density at radius 2 is 1.43 bits per heavy atom. The van der Waals surface area contributed by atoms with Crippen LogP contribution in [0.2, 0.25) is 0 Å². The summed E-state index contributed by atoms with van der Waals surface area (Å²) in [4.78, 5) is 28.3. The van der Waals surface area contributed by atoms with Crippen molar-refractivity contribution in [2.24, 2.45) is 5.92 Å². The van der Waals surface area contributed by atoms with Gasteiger partial charge >= 0.3 is 12.0 Å². The Labute approximate surface area is 178 Å². The second-order valence-corrected chi connectivity index (χ2v) is 7.90. The number of nitrogens with zero attached hydrogens (tertiary/aromatic N) is 2. The average Bonchev–Trinajstić information content (AvgIpc) is 2.78. The Kier molecular flexibility index (Phi) is 7.46. The molecule has 0 aliphatic carbocycles. The molecule has 0 aromatic heterocycles. The molecule has 0 saturated carbocycles. The second kappa shape index (κ2) is 10.3. The van der Waals surface area contributed by atoms with Crippen LogP contribution in [0.1, 0.15) is 37.4 Å². The standard InChI is InChI=1S/C24H31N3O3/c1-3-18(2)21(23(28)29)25-24(30)27-16-14-26(15-17-27)22(19-10-6-4-7-11-19)20-12-8-5-9-13-20/h4-13,18,21-22H,3,14-17H2,1-2H3,(H,25,30)(H,28,29)/t18-,21+/m1/s1. The van der Waals surface area contributed by atoms with Crippen molar-refractivity contribution in [1.29, 1.82) is 0 Å². The number of carboxylic acid groups (broad SMARTS) is 1. The number of carbonyl (C=O) groups is 2. The normalized spacial score (nSPS) is 16.8. The molecule has 0 spiro atoms. The SMILES string of the molecule is CC[C@@H](C)[C@H](NC(=O)N1CCN(C(c2ccccc2)c2ccccc2)CC1)C(=O)O. The molecule has 0 radical (unpaired) electrons. The van der Waals surface area contributed by atoms with Crippen molar-refractivity contribution in [2.45, 2.75) is 32.4 Å². The highest BCUT2D eigenvalue weighted by molar-refractivity contribution is 5.82. The summed E-state index contributed by atoms with van der Waals surface area (Å²) in [6.07, 6.45) is 0.695. The number of hydrogen-bond acceptors (Lipinski definition) is 3. The van der Waals surface area contributed by atoms with Gasteiger partial charge in [-0.25, -0.2) is 9.59 Å². The highest BCUT2D eigenvalue weighted by Crippen LogP contribution is 2.29. The van der Waals surface area contributed by atoms with Crippen LogP contribution < -0.4 is 5.32 Å². The predicted octanol–water partition coefficient (Wildman–Crippen LogP) is 3.60. The van der Waals surface area contributed by atoms with Crippen molar-refractivity contribution >= 4 is 12.0 Å². The zero-order valence-corrected chi connectivity index (χ0v) is 17.7. The van der Waals surface area contributed by atoms with Gasteiger partial charge in [-0.05, 0) is 17.0 Å². The molecule has 0 unspecified atom stereocenters. The smallest absolute Gasteiger partial charge is 0.326 e. The van der Waals surface area contributed by atoms with E-state index in [0.717, 1.165) is 13.1 Å². The molecule has 1 aliphatic heterocycles. The van der Waals surface area contributed by atoms with Gasteiger partial charge in [-0.2, -0.15) is 0 Å². The third-order valence-electron chi connectivity index (χ3n) is 5.96. The van der Waals surface area contributed by atoms with Crippen molar-refractivity contribution in [2.75, 3.05) is 26.2 Å². The maximum Gasteiger partial charge on any atom is 0.326 e. The molecule has 30 heavy (non-hydrogen) atoms. The molecule has 1 saturated heterocycles. The van der Waals surface area contributed by atoms with Crippen LogP contribution in [-0.4, -0.2) is 59.1 Å². The molecule has 2 atom stereocenters. The predicted molar refractivity (Wildman–Crippen MR) is 117 cm³/mol. The molecule has 1 fully saturated rings. The Morgan fingerprint density at radius 1 is 0.933 bits per heavy atom. The Balaban J connectivity index is 1.68. The highest BCUT2D eigenvalue weighted by Gasteiger charge is 2.31. The molecule has 0 bridgehead atoms. The van der Waals surface area contributed by atoms with E-state index in [1.165, 1.54) is 11.1 Å². The second-order valence-electron chi connectivity index (χ2n) is 7.90. The van der Waals surface area contributed by atoms with Gasteiger partial charge in [-0.15, -0.1) is 0 Å². The van der Waals surface area contributed by atoms with Gasteiger partial charge in [-0.1, -0.05) is 80.9 Å². The monoisotopic (exact) mass is 409 g/mol. The van der Waals surface area contributed by atoms with E-state index in [9.17, 15) is 14.7 Å². The first-order chi connectivity index (χ1) is 14.5. The molecule has 2 aromatic carbocycles. The fourth-order valence-corrected chi connectivity index (χ4v) is 3.98. The quantitative estimate of drug-likeness (QED) is 0.733. The van der Waals surface area contributed by atoms with E-state index < -0.39 is 12.0 Å². The first-order valence-electron chi connectivity index (χ1n) is 10.6. The lowest BCUT2D eigenvalue weighted by atomic mass is 9.96. The summed E-state index contributed by atoms with van der Waals surface area (Å²) in [6.45, 7) is 6.36. The van der Waals surface area contributed by atoms with Crippen LogP contribution >= 0.6 is 0 Å². The van der Waals surface area contributed by atoms with Crippen LogP contribution in [0, 0.1) is 5.92 Å². The summed E-state index contributed by atoms with van der Waals surface area (Å²) >= 11 is 0. The highest BCUT2D eigenvalue weighted by atomic mass is 16.4. The summed E-state index contributed by atoms with van der Waals surface area (Å²) in [7, 11) is 0. The summed E-state index contributed by atoms with van der Waals surface area (Å²) in [5.74, 6) is -1.10. The minimum absolute atomic E-state index is 0.117. The largest absolute Gasteiger partial charge is 0.480 e. The third-order valence-corrected chi connectivity index (χ3v) is 5.96. The van der Waals surface area contributed by atoms with E-state index in [2.05, 4.69) is 58.7 Å². The minimum Gasteiger partial charge on any atom is -0.480 e. The van der Waals surface area contributed by atoms with Gasteiger partial charge in [-0.3, -0.25) is 4.90 Å². The molecule has 3 rings (SSSR count). The van der Waals surface area contributed by atoms with Gasteiger partial charge in [0.05, 0.1) is 6.04 Å². The lowest BCUT2D eigenvalue weighted by molar-refractivity contribution is -0.140. The molecule has 6 nitrogen and oxygen atoms in total. The van der Waals surface area contributed by atoms with Gasteiger partial charge in [0.15, 0.2) is 0 Å². The van der Waals surface area contributed by atoms with E-state index >= 15 is 0 Å². The fraction of sp³-hybridized carbons (Fsp3) is 0.417. The number of nitrogens with one attached hydrogen (secondary N) is 1. The van der Waals surface area contributed by atoms with E-state index in [0.29, 0.717) is 19.5 Å².